The second kappa shape index (κ2) is 7.70. The van der Waals surface area contributed by atoms with Gasteiger partial charge in [0.25, 0.3) is 10.2 Å². The van der Waals surface area contributed by atoms with Crippen molar-refractivity contribution in [2.24, 2.45) is 0 Å². The first kappa shape index (κ1) is 18.6. The van der Waals surface area contributed by atoms with Crippen LogP contribution >= 0.6 is 0 Å². The lowest BCUT2D eigenvalue weighted by molar-refractivity contribution is 0.122. The lowest BCUT2D eigenvalue weighted by atomic mass is 10.0. The van der Waals surface area contributed by atoms with E-state index in [1.165, 1.54) is 7.05 Å². The fraction of sp³-hybridized carbons (Fsp3) is 0.263. The van der Waals surface area contributed by atoms with E-state index >= 15 is 0 Å². The van der Waals surface area contributed by atoms with Gasteiger partial charge in [0.15, 0.2) is 0 Å². The number of benzene rings is 2. The first-order valence-corrected chi connectivity index (χ1v) is 10.4. The molecule has 28 heavy (non-hydrogen) atoms. The Bertz CT molecular complexity index is 1080. The number of ether oxygens (including phenoxy) is 1. The molecule has 8 nitrogen and oxygen atoms in total. The largest absolute Gasteiger partial charge is 0.378 e. The van der Waals surface area contributed by atoms with E-state index < -0.39 is 10.2 Å². The number of rotatable bonds is 5. The van der Waals surface area contributed by atoms with Gasteiger partial charge in [0, 0.05) is 25.8 Å². The third-order valence-electron chi connectivity index (χ3n) is 4.60. The van der Waals surface area contributed by atoms with Gasteiger partial charge in [0.1, 0.15) is 5.82 Å². The number of nitrogens with one attached hydrogen (secondary N) is 2. The minimum atomic E-state index is -3.53. The lowest BCUT2D eigenvalue weighted by Gasteiger charge is -2.27. The fourth-order valence-corrected chi connectivity index (χ4v) is 3.61. The van der Waals surface area contributed by atoms with Crippen molar-refractivity contribution in [3.8, 4) is 11.1 Å². The molecule has 0 atom stereocenters. The van der Waals surface area contributed by atoms with Gasteiger partial charge in [-0.05, 0) is 35.4 Å². The molecule has 2 aromatic carbocycles. The summed E-state index contributed by atoms with van der Waals surface area (Å²) in [6.45, 7) is 3.01. The molecule has 0 amide bonds. The van der Waals surface area contributed by atoms with Gasteiger partial charge < -0.3 is 9.64 Å². The molecule has 4 rings (SSSR count). The summed E-state index contributed by atoms with van der Waals surface area (Å²) in [6, 6.07) is 13.1. The Hall–Kier alpha value is -2.75. The van der Waals surface area contributed by atoms with Crippen LogP contribution in [0, 0.1) is 0 Å². The summed E-state index contributed by atoms with van der Waals surface area (Å²) in [6.07, 6.45) is 1.80. The highest BCUT2D eigenvalue weighted by atomic mass is 32.2. The van der Waals surface area contributed by atoms with Crippen LogP contribution in [0.1, 0.15) is 0 Å². The molecule has 1 saturated heterocycles. The van der Waals surface area contributed by atoms with E-state index in [-0.39, 0.29) is 0 Å². The van der Waals surface area contributed by atoms with Gasteiger partial charge >= 0.3 is 0 Å². The van der Waals surface area contributed by atoms with Crippen LogP contribution in [-0.4, -0.2) is 51.7 Å². The predicted octanol–water partition coefficient (Wildman–Crippen LogP) is 2.01. The molecule has 0 radical (unpaired) electrons. The fourth-order valence-electron chi connectivity index (χ4n) is 3.06. The highest BCUT2D eigenvalue weighted by Crippen LogP contribution is 2.25. The number of morpholine rings is 1. The maximum absolute atomic E-state index is 11.6. The van der Waals surface area contributed by atoms with E-state index in [1.54, 1.807) is 18.3 Å². The van der Waals surface area contributed by atoms with Gasteiger partial charge in [-0.1, -0.05) is 18.2 Å². The second-order valence-electron chi connectivity index (χ2n) is 6.42. The molecule has 1 aromatic heterocycles. The van der Waals surface area contributed by atoms with Gasteiger partial charge in [-0.2, -0.15) is 8.42 Å². The van der Waals surface area contributed by atoms with Crippen molar-refractivity contribution in [2.75, 3.05) is 43.0 Å². The summed E-state index contributed by atoms with van der Waals surface area (Å²) in [5.41, 5.74) is 4.10. The Morgan fingerprint density at radius 3 is 2.43 bits per heavy atom. The molecule has 3 aromatic rings. The summed E-state index contributed by atoms with van der Waals surface area (Å²) >= 11 is 0. The van der Waals surface area contributed by atoms with E-state index in [1.807, 2.05) is 30.3 Å². The summed E-state index contributed by atoms with van der Waals surface area (Å²) in [7, 11) is -2.17. The van der Waals surface area contributed by atoms with Crippen LogP contribution in [0.5, 0.6) is 0 Å². The maximum Gasteiger partial charge on any atom is 0.298 e. The zero-order valence-electron chi connectivity index (χ0n) is 15.4. The summed E-state index contributed by atoms with van der Waals surface area (Å²) < 4.78 is 33.2. The predicted molar refractivity (Wildman–Crippen MR) is 110 cm³/mol. The molecular formula is C19H21N5O3S. The third kappa shape index (κ3) is 4.06. The van der Waals surface area contributed by atoms with E-state index in [0.717, 1.165) is 41.1 Å². The van der Waals surface area contributed by atoms with Crippen molar-refractivity contribution in [3.05, 3.63) is 48.7 Å². The quantitative estimate of drug-likeness (QED) is 0.681. The Balaban J connectivity index is 1.61. The zero-order valence-corrected chi connectivity index (χ0v) is 16.2. The summed E-state index contributed by atoms with van der Waals surface area (Å²) in [5, 5.41) is 0. The first-order chi connectivity index (χ1) is 13.5. The number of fused-ring (bicyclic) bond motifs is 1. The summed E-state index contributed by atoms with van der Waals surface area (Å²) in [5.74, 6) is 0.852. The smallest absolute Gasteiger partial charge is 0.298 e. The van der Waals surface area contributed by atoms with Gasteiger partial charge in [0.2, 0.25) is 0 Å². The second-order valence-corrected chi connectivity index (χ2v) is 8.04. The first-order valence-electron chi connectivity index (χ1n) is 8.95. The molecule has 2 N–H and O–H groups in total. The van der Waals surface area contributed by atoms with Crippen LogP contribution < -0.4 is 14.3 Å². The normalized spacial score (nSPS) is 15.0. The molecule has 0 bridgehead atoms. The van der Waals surface area contributed by atoms with Gasteiger partial charge in [-0.25, -0.2) is 9.71 Å². The van der Waals surface area contributed by atoms with Crippen molar-refractivity contribution in [1.29, 1.82) is 0 Å². The average molecular weight is 399 g/mol. The van der Waals surface area contributed by atoms with Crippen molar-refractivity contribution >= 4 is 32.7 Å². The van der Waals surface area contributed by atoms with Gasteiger partial charge in [0.05, 0.1) is 30.4 Å². The van der Waals surface area contributed by atoms with Crippen molar-refractivity contribution in [1.82, 2.24) is 14.7 Å². The molecule has 146 valence electrons. The van der Waals surface area contributed by atoms with Crippen LogP contribution in [0.25, 0.3) is 22.2 Å². The number of nitrogens with zero attached hydrogens (tertiary/aromatic N) is 3. The van der Waals surface area contributed by atoms with Crippen LogP contribution in [0.2, 0.25) is 0 Å². The van der Waals surface area contributed by atoms with E-state index in [0.29, 0.717) is 18.9 Å². The minimum Gasteiger partial charge on any atom is -0.378 e. The maximum atomic E-state index is 11.6. The SMILES string of the molecule is CNS(=O)(=O)Nc1ccc(-c2ccc3ncc(N4CCOCC4)nc3c2)cc1. The number of hydrogen-bond acceptors (Lipinski definition) is 6. The standard InChI is InChI=1S/C19H21N5O3S/c1-20-28(25,26)23-16-5-2-14(3-6-16)15-4-7-17-18(12-15)22-19(13-21-17)24-8-10-27-11-9-24/h2-7,12-13,20,23H,8-11H2,1H3. The topological polar surface area (TPSA) is 96.5 Å². The molecule has 0 unspecified atom stereocenters. The van der Waals surface area contributed by atoms with E-state index in [9.17, 15) is 8.42 Å². The molecule has 9 heteroatoms. The van der Waals surface area contributed by atoms with E-state index in [2.05, 4.69) is 19.3 Å². The zero-order chi connectivity index (χ0) is 19.6. The molecular weight excluding hydrogens is 378 g/mol. The number of anilines is 2. The highest BCUT2D eigenvalue weighted by molar-refractivity contribution is 7.90. The Morgan fingerprint density at radius 2 is 1.71 bits per heavy atom. The van der Waals surface area contributed by atoms with Crippen LogP contribution in [0.15, 0.2) is 48.7 Å². The lowest BCUT2D eigenvalue weighted by Crippen LogP contribution is -2.36. The van der Waals surface area contributed by atoms with E-state index in [4.69, 9.17) is 9.72 Å². The van der Waals surface area contributed by atoms with Crippen LogP contribution in [0.4, 0.5) is 11.5 Å². The van der Waals surface area contributed by atoms with Crippen LogP contribution in [-0.2, 0) is 14.9 Å². The minimum absolute atomic E-state index is 0.494. The van der Waals surface area contributed by atoms with Gasteiger partial charge in [-0.3, -0.25) is 9.71 Å². The van der Waals surface area contributed by atoms with Crippen molar-refractivity contribution in [2.45, 2.75) is 0 Å². The molecule has 0 spiro atoms. The highest BCUT2D eigenvalue weighted by Gasteiger charge is 2.13. The molecule has 1 fully saturated rings. The Kier molecular flexibility index (Phi) is 5.12. The summed E-state index contributed by atoms with van der Waals surface area (Å²) in [4.78, 5) is 11.5. The van der Waals surface area contributed by atoms with Crippen LogP contribution in [0.3, 0.4) is 0 Å². The van der Waals surface area contributed by atoms with Crippen molar-refractivity contribution < 1.29 is 13.2 Å². The Morgan fingerprint density at radius 1 is 1.00 bits per heavy atom. The monoisotopic (exact) mass is 399 g/mol. The molecule has 0 saturated carbocycles. The molecule has 1 aliphatic rings. The van der Waals surface area contributed by atoms with Gasteiger partial charge in [-0.15, -0.1) is 0 Å². The number of hydrogen-bond donors (Lipinski definition) is 2. The molecule has 0 aliphatic carbocycles. The molecule has 1 aliphatic heterocycles. The average Bonchev–Trinajstić information content (AvgIpc) is 2.74. The molecule has 2 heterocycles. The number of aromatic nitrogens is 2. The third-order valence-corrected chi connectivity index (χ3v) is 5.65. The van der Waals surface area contributed by atoms with Crippen molar-refractivity contribution in [3.63, 3.8) is 0 Å². The Labute approximate surface area is 163 Å².